The SMILES string of the molecule is CCNCCCCc1c(Br)c(CC)nn1C. The van der Waals surface area contributed by atoms with Gasteiger partial charge in [0.05, 0.1) is 15.9 Å². The molecule has 0 aliphatic rings. The highest BCUT2D eigenvalue weighted by molar-refractivity contribution is 9.10. The van der Waals surface area contributed by atoms with Crippen molar-refractivity contribution in [1.29, 1.82) is 0 Å². The number of nitrogens with one attached hydrogen (secondary N) is 1. The minimum atomic E-state index is 0.992. The zero-order valence-electron chi connectivity index (χ0n) is 10.5. The van der Waals surface area contributed by atoms with Crippen LogP contribution in [0.1, 0.15) is 38.1 Å². The molecule has 0 radical (unpaired) electrons. The Kier molecular flexibility index (Phi) is 6.06. The number of hydrogen-bond donors (Lipinski definition) is 1. The number of aryl methyl sites for hydroxylation is 2. The molecule has 0 spiro atoms. The molecule has 92 valence electrons. The van der Waals surface area contributed by atoms with Gasteiger partial charge in [-0.1, -0.05) is 13.8 Å². The average molecular weight is 288 g/mol. The van der Waals surface area contributed by atoms with E-state index < -0.39 is 0 Å². The maximum atomic E-state index is 4.50. The number of hydrogen-bond acceptors (Lipinski definition) is 2. The Balaban J connectivity index is 2.44. The first-order valence-corrected chi connectivity index (χ1v) is 6.90. The van der Waals surface area contributed by atoms with Gasteiger partial charge in [0.1, 0.15) is 0 Å². The summed E-state index contributed by atoms with van der Waals surface area (Å²) in [6.45, 7) is 6.47. The largest absolute Gasteiger partial charge is 0.317 e. The smallest absolute Gasteiger partial charge is 0.0766 e. The molecular formula is C12H22BrN3. The summed E-state index contributed by atoms with van der Waals surface area (Å²) >= 11 is 3.65. The quantitative estimate of drug-likeness (QED) is 0.782. The Bertz CT molecular complexity index is 320. The summed E-state index contributed by atoms with van der Waals surface area (Å²) in [5.41, 5.74) is 2.50. The molecule has 0 atom stereocenters. The molecule has 0 saturated carbocycles. The van der Waals surface area contributed by atoms with Gasteiger partial charge in [0.15, 0.2) is 0 Å². The highest BCUT2D eigenvalue weighted by Crippen LogP contribution is 2.22. The fourth-order valence-electron chi connectivity index (χ4n) is 1.81. The van der Waals surface area contributed by atoms with Crippen molar-refractivity contribution in [2.75, 3.05) is 13.1 Å². The summed E-state index contributed by atoms with van der Waals surface area (Å²) in [6.07, 6.45) is 4.54. The predicted octanol–water partition coefficient (Wildman–Crippen LogP) is 2.68. The minimum absolute atomic E-state index is 0.992. The highest BCUT2D eigenvalue weighted by atomic mass is 79.9. The average Bonchev–Trinajstić information content (AvgIpc) is 2.55. The summed E-state index contributed by atoms with van der Waals surface area (Å²) in [5, 5.41) is 7.84. The number of nitrogens with zero attached hydrogens (tertiary/aromatic N) is 2. The molecule has 0 amide bonds. The standard InChI is InChI=1S/C12H22BrN3/c1-4-10-12(13)11(16(3)15-10)8-6-7-9-14-5-2/h14H,4-9H2,1-3H3. The van der Waals surface area contributed by atoms with E-state index in [-0.39, 0.29) is 0 Å². The summed E-state index contributed by atoms with van der Waals surface area (Å²) in [7, 11) is 2.03. The molecule has 1 aromatic rings. The predicted molar refractivity (Wildman–Crippen MR) is 71.8 cm³/mol. The second kappa shape index (κ2) is 7.07. The number of rotatable bonds is 7. The molecule has 0 aliphatic carbocycles. The maximum Gasteiger partial charge on any atom is 0.0766 e. The highest BCUT2D eigenvalue weighted by Gasteiger charge is 2.11. The Labute approximate surface area is 107 Å². The number of aromatic nitrogens is 2. The molecule has 1 aromatic heterocycles. The van der Waals surface area contributed by atoms with Gasteiger partial charge in [-0.3, -0.25) is 4.68 Å². The van der Waals surface area contributed by atoms with Gasteiger partial charge in [-0.15, -0.1) is 0 Å². The van der Waals surface area contributed by atoms with E-state index in [9.17, 15) is 0 Å². The van der Waals surface area contributed by atoms with Crippen molar-refractivity contribution in [3.63, 3.8) is 0 Å². The molecule has 1 N–H and O–H groups in total. The molecule has 0 aromatic carbocycles. The van der Waals surface area contributed by atoms with Crippen molar-refractivity contribution in [2.45, 2.75) is 39.5 Å². The van der Waals surface area contributed by atoms with E-state index in [0.29, 0.717) is 0 Å². The fourth-order valence-corrected chi connectivity index (χ4v) is 2.63. The van der Waals surface area contributed by atoms with Crippen LogP contribution < -0.4 is 5.32 Å². The first-order valence-electron chi connectivity index (χ1n) is 6.11. The summed E-state index contributed by atoms with van der Waals surface area (Å²) < 4.78 is 3.22. The molecule has 4 heteroatoms. The van der Waals surface area contributed by atoms with E-state index in [1.807, 2.05) is 11.7 Å². The van der Waals surface area contributed by atoms with Crippen LogP contribution in [0.3, 0.4) is 0 Å². The van der Waals surface area contributed by atoms with Crippen molar-refractivity contribution in [3.8, 4) is 0 Å². The van der Waals surface area contributed by atoms with E-state index >= 15 is 0 Å². The normalized spacial score (nSPS) is 11.0. The Hall–Kier alpha value is -0.350. The zero-order valence-corrected chi connectivity index (χ0v) is 12.1. The molecule has 0 unspecified atom stereocenters. The third kappa shape index (κ3) is 3.59. The van der Waals surface area contributed by atoms with Gasteiger partial charge in [-0.05, 0) is 54.7 Å². The molecule has 0 fully saturated rings. The Morgan fingerprint density at radius 3 is 2.62 bits per heavy atom. The lowest BCUT2D eigenvalue weighted by atomic mass is 10.1. The monoisotopic (exact) mass is 287 g/mol. The Morgan fingerprint density at radius 1 is 1.31 bits per heavy atom. The number of halogens is 1. The van der Waals surface area contributed by atoms with Gasteiger partial charge in [0, 0.05) is 7.05 Å². The third-order valence-corrected chi connectivity index (χ3v) is 3.69. The van der Waals surface area contributed by atoms with Crippen LogP contribution in [0.5, 0.6) is 0 Å². The lowest BCUT2D eigenvalue weighted by Gasteiger charge is -2.03. The van der Waals surface area contributed by atoms with E-state index in [1.54, 1.807) is 0 Å². The first kappa shape index (κ1) is 13.7. The van der Waals surface area contributed by atoms with E-state index in [1.165, 1.54) is 28.7 Å². The topological polar surface area (TPSA) is 29.9 Å². The first-order chi connectivity index (χ1) is 7.70. The van der Waals surface area contributed by atoms with Crippen LogP contribution in [0.15, 0.2) is 4.47 Å². The van der Waals surface area contributed by atoms with E-state index in [0.717, 1.165) is 25.9 Å². The van der Waals surface area contributed by atoms with Crippen LogP contribution in [-0.4, -0.2) is 22.9 Å². The second-order valence-electron chi connectivity index (χ2n) is 4.00. The molecule has 0 saturated heterocycles. The van der Waals surface area contributed by atoms with E-state index in [2.05, 4.69) is 40.2 Å². The molecule has 0 aliphatic heterocycles. The summed E-state index contributed by atoms with van der Waals surface area (Å²) in [4.78, 5) is 0. The van der Waals surface area contributed by atoms with Crippen molar-refractivity contribution >= 4 is 15.9 Å². The van der Waals surface area contributed by atoms with Gasteiger partial charge < -0.3 is 5.32 Å². The lowest BCUT2D eigenvalue weighted by Crippen LogP contribution is -2.14. The van der Waals surface area contributed by atoms with Gasteiger partial charge in [-0.25, -0.2) is 0 Å². The molecule has 0 bridgehead atoms. The molecule has 1 rings (SSSR count). The van der Waals surface area contributed by atoms with Crippen LogP contribution in [0.25, 0.3) is 0 Å². The maximum absolute atomic E-state index is 4.50. The second-order valence-corrected chi connectivity index (χ2v) is 4.79. The zero-order chi connectivity index (χ0) is 12.0. The van der Waals surface area contributed by atoms with Crippen LogP contribution in [-0.2, 0) is 19.9 Å². The molecule has 1 heterocycles. The van der Waals surface area contributed by atoms with Gasteiger partial charge in [-0.2, -0.15) is 5.10 Å². The summed E-state index contributed by atoms with van der Waals surface area (Å²) in [5.74, 6) is 0. The number of unbranched alkanes of at least 4 members (excludes halogenated alkanes) is 1. The third-order valence-electron chi connectivity index (χ3n) is 2.77. The van der Waals surface area contributed by atoms with Crippen LogP contribution in [0, 0.1) is 0 Å². The Morgan fingerprint density at radius 2 is 2.06 bits per heavy atom. The lowest BCUT2D eigenvalue weighted by molar-refractivity contribution is 0.615. The van der Waals surface area contributed by atoms with Gasteiger partial charge >= 0.3 is 0 Å². The van der Waals surface area contributed by atoms with Crippen molar-refractivity contribution in [2.24, 2.45) is 7.05 Å². The van der Waals surface area contributed by atoms with Crippen LogP contribution >= 0.6 is 15.9 Å². The van der Waals surface area contributed by atoms with Crippen molar-refractivity contribution < 1.29 is 0 Å². The molecular weight excluding hydrogens is 266 g/mol. The molecule has 3 nitrogen and oxygen atoms in total. The van der Waals surface area contributed by atoms with Gasteiger partial charge in [0.25, 0.3) is 0 Å². The molecule has 16 heavy (non-hydrogen) atoms. The van der Waals surface area contributed by atoms with Crippen molar-refractivity contribution in [1.82, 2.24) is 15.1 Å². The fraction of sp³-hybridized carbons (Fsp3) is 0.750. The minimum Gasteiger partial charge on any atom is -0.317 e. The van der Waals surface area contributed by atoms with Crippen LogP contribution in [0.4, 0.5) is 0 Å². The van der Waals surface area contributed by atoms with Crippen molar-refractivity contribution in [3.05, 3.63) is 15.9 Å². The van der Waals surface area contributed by atoms with Crippen LogP contribution in [0.2, 0.25) is 0 Å². The summed E-state index contributed by atoms with van der Waals surface area (Å²) in [6, 6.07) is 0. The van der Waals surface area contributed by atoms with Gasteiger partial charge in [0.2, 0.25) is 0 Å². The van der Waals surface area contributed by atoms with E-state index in [4.69, 9.17) is 0 Å².